The van der Waals surface area contributed by atoms with Crippen LogP contribution >= 0.6 is 0 Å². The van der Waals surface area contributed by atoms with E-state index in [-0.39, 0.29) is 18.4 Å². The minimum absolute atomic E-state index is 0.0188. The van der Waals surface area contributed by atoms with Crippen molar-refractivity contribution in [3.8, 4) is 0 Å². The fourth-order valence-electron chi connectivity index (χ4n) is 1.48. The highest BCUT2D eigenvalue weighted by atomic mass is 16.5. The van der Waals surface area contributed by atoms with E-state index in [2.05, 4.69) is 0 Å². The molecule has 0 saturated carbocycles. The van der Waals surface area contributed by atoms with E-state index in [1.807, 2.05) is 27.7 Å². The molecule has 0 rings (SSSR count). The van der Waals surface area contributed by atoms with Crippen LogP contribution < -0.4 is 0 Å². The van der Waals surface area contributed by atoms with Crippen molar-refractivity contribution in [1.29, 1.82) is 0 Å². The van der Waals surface area contributed by atoms with Gasteiger partial charge in [0.25, 0.3) is 0 Å². The lowest BCUT2D eigenvalue weighted by atomic mass is 9.81. The smallest absolute Gasteiger partial charge is 0.152 e. The maximum absolute atomic E-state index is 11.0. The summed E-state index contributed by atoms with van der Waals surface area (Å²) in [6.45, 7) is 7.64. The Morgan fingerprint density at radius 3 is 1.85 bits per heavy atom. The topological polar surface area (TPSA) is 43.4 Å². The number of carbonyl (C=O) groups is 2. The molecule has 0 atom stereocenters. The molecule has 3 heteroatoms. The molecule has 0 unspecified atom stereocenters. The quantitative estimate of drug-likeness (QED) is 0.590. The SMILES string of the molecule is CC(C)C(C=O)(OCC=O)C(C)C. The van der Waals surface area contributed by atoms with Crippen molar-refractivity contribution in [1.82, 2.24) is 0 Å². The van der Waals surface area contributed by atoms with Gasteiger partial charge >= 0.3 is 0 Å². The zero-order chi connectivity index (χ0) is 10.5. The van der Waals surface area contributed by atoms with Crippen LogP contribution in [0.4, 0.5) is 0 Å². The lowest BCUT2D eigenvalue weighted by Gasteiger charge is -2.35. The number of aldehydes is 2. The Morgan fingerprint density at radius 2 is 1.62 bits per heavy atom. The first-order valence-electron chi connectivity index (χ1n) is 4.55. The van der Waals surface area contributed by atoms with Crippen LogP contribution in [-0.4, -0.2) is 24.8 Å². The van der Waals surface area contributed by atoms with Gasteiger partial charge in [-0.1, -0.05) is 27.7 Å². The second kappa shape index (κ2) is 5.12. The van der Waals surface area contributed by atoms with Crippen LogP contribution in [0.3, 0.4) is 0 Å². The van der Waals surface area contributed by atoms with Gasteiger partial charge in [0.15, 0.2) is 6.29 Å². The summed E-state index contributed by atoms with van der Waals surface area (Å²) >= 11 is 0. The molecular formula is C10H18O3. The van der Waals surface area contributed by atoms with Crippen molar-refractivity contribution < 1.29 is 14.3 Å². The zero-order valence-corrected chi connectivity index (χ0v) is 8.74. The van der Waals surface area contributed by atoms with Crippen molar-refractivity contribution in [2.75, 3.05) is 6.61 Å². The van der Waals surface area contributed by atoms with Crippen LogP contribution in [0.2, 0.25) is 0 Å². The first kappa shape index (κ1) is 12.3. The summed E-state index contributed by atoms with van der Waals surface area (Å²) in [5.74, 6) is 0.148. The molecule has 0 amide bonds. The molecule has 0 radical (unpaired) electrons. The van der Waals surface area contributed by atoms with Gasteiger partial charge in [0.05, 0.1) is 0 Å². The lowest BCUT2D eigenvalue weighted by Crippen LogP contribution is -2.45. The standard InChI is InChI=1S/C10H18O3/c1-8(2)10(7-12,9(3)4)13-6-5-11/h5,7-9H,6H2,1-4H3. The maximum atomic E-state index is 11.0. The number of carbonyl (C=O) groups excluding carboxylic acids is 2. The summed E-state index contributed by atoms with van der Waals surface area (Å²) in [6.07, 6.45) is 1.48. The Kier molecular flexibility index (Phi) is 4.85. The lowest BCUT2D eigenvalue weighted by molar-refractivity contribution is -0.149. The van der Waals surface area contributed by atoms with Crippen molar-refractivity contribution in [2.45, 2.75) is 33.3 Å². The monoisotopic (exact) mass is 186 g/mol. The Labute approximate surface area is 79.5 Å². The van der Waals surface area contributed by atoms with Gasteiger partial charge < -0.3 is 14.3 Å². The second-order valence-corrected chi connectivity index (χ2v) is 3.76. The molecule has 0 aliphatic carbocycles. The van der Waals surface area contributed by atoms with Crippen molar-refractivity contribution in [3.05, 3.63) is 0 Å². The van der Waals surface area contributed by atoms with Crippen LogP contribution in [0, 0.1) is 11.8 Å². The predicted molar refractivity (Wildman–Crippen MR) is 50.5 cm³/mol. The average Bonchev–Trinajstić information content (AvgIpc) is 2.05. The van der Waals surface area contributed by atoms with Gasteiger partial charge in [-0.3, -0.25) is 0 Å². The van der Waals surface area contributed by atoms with Gasteiger partial charge in [-0.05, 0) is 11.8 Å². The van der Waals surface area contributed by atoms with E-state index in [0.717, 1.165) is 6.29 Å². The molecule has 0 heterocycles. The fraction of sp³-hybridized carbons (Fsp3) is 0.800. The van der Waals surface area contributed by atoms with E-state index in [1.54, 1.807) is 0 Å². The molecule has 0 bridgehead atoms. The van der Waals surface area contributed by atoms with Crippen molar-refractivity contribution in [3.63, 3.8) is 0 Å². The van der Waals surface area contributed by atoms with E-state index in [1.165, 1.54) is 0 Å². The predicted octanol–water partition coefficient (Wildman–Crippen LogP) is 1.45. The summed E-state index contributed by atoms with van der Waals surface area (Å²) < 4.78 is 5.31. The third kappa shape index (κ3) is 2.62. The van der Waals surface area contributed by atoms with Gasteiger partial charge in [0.2, 0.25) is 0 Å². The average molecular weight is 186 g/mol. The summed E-state index contributed by atoms with van der Waals surface area (Å²) in [7, 11) is 0. The molecule has 0 fully saturated rings. The van der Waals surface area contributed by atoms with E-state index in [0.29, 0.717) is 6.29 Å². The van der Waals surface area contributed by atoms with E-state index in [9.17, 15) is 9.59 Å². The largest absolute Gasteiger partial charge is 0.360 e. The van der Waals surface area contributed by atoms with Crippen LogP contribution in [0.15, 0.2) is 0 Å². The minimum Gasteiger partial charge on any atom is -0.360 e. The first-order chi connectivity index (χ1) is 6.01. The fourth-order valence-corrected chi connectivity index (χ4v) is 1.48. The Hall–Kier alpha value is -0.700. The zero-order valence-electron chi connectivity index (χ0n) is 8.74. The maximum Gasteiger partial charge on any atom is 0.152 e. The molecule has 0 aromatic heterocycles. The molecule has 0 spiro atoms. The second-order valence-electron chi connectivity index (χ2n) is 3.76. The molecule has 13 heavy (non-hydrogen) atoms. The van der Waals surface area contributed by atoms with E-state index in [4.69, 9.17) is 4.74 Å². The van der Waals surface area contributed by atoms with Gasteiger partial charge in [0, 0.05) is 0 Å². The van der Waals surface area contributed by atoms with Gasteiger partial charge in [0.1, 0.15) is 18.5 Å². The number of rotatable bonds is 6. The molecule has 0 aliphatic heterocycles. The van der Waals surface area contributed by atoms with Crippen LogP contribution in [0.5, 0.6) is 0 Å². The molecular weight excluding hydrogens is 168 g/mol. The Balaban J connectivity index is 4.64. The van der Waals surface area contributed by atoms with Crippen molar-refractivity contribution in [2.24, 2.45) is 11.8 Å². The molecule has 3 nitrogen and oxygen atoms in total. The summed E-state index contributed by atoms with van der Waals surface area (Å²) in [6, 6.07) is 0. The van der Waals surface area contributed by atoms with Gasteiger partial charge in [-0.25, -0.2) is 0 Å². The number of hydrogen-bond acceptors (Lipinski definition) is 3. The normalized spacial score (nSPS) is 12.2. The Bertz CT molecular complexity index is 165. The summed E-state index contributed by atoms with van der Waals surface area (Å²) in [5, 5.41) is 0. The van der Waals surface area contributed by atoms with Crippen LogP contribution in [0.1, 0.15) is 27.7 Å². The molecule has 76 valence electrons. The third-order valence-electron chi connectivity index (χ3n) is 2.39. The third-order valence-corrected chi connectivity index (χ3v) is 2.39. The van der Waals surface area contributed by atoms with E-state index >= 15 is 0 Å². The highest BCUT2D eigenvalue weighted by molar-refractivity contribution is 5.64. The minimum atomic E-state index is -0.819. The summed E-state index contributed by atoms with van der Waals surface area (Å²) in [4.78, 5) is 21.1. The highest BCUT2D eigenvalue weighted by Crippen LogP contribution is 2.27. The molecule has 0 aromatic rings. The molecule has 0 N–H and O–H groups in total. The van der Waals surface area contributed by atoms with Crippen LogP contribution in [-0.2, 0) is 14.3 Å². The molecule has 0 saturated heterocycles. The summed E-state index contributed by atoms with van der Waals surface area (Å²) in [5.41, 5.74) is -0.819. The van der Waals surface area contributed by atoms with Crippen LogP contribution in [0.25, 0.3) is 0 Å². The van der Waals surface area contributed by atoms with E-state index < -0.39 is 5.60 Å². The van der Waals surface area contributed by atoms with Gasteiger partial charge in [-0.2, -0.15) is 0 Å². The Morgan fingerprint density at radius 1 is 1.15 bits per heavy atom. The first-order valence-corrected chi connectivity index (χ1v) is 4.55. The molecule has 0 aromatic carbocycles. The highest BCUT2D eigenvalue weighted by Gasteiger charge is 2.37. The number of ether oxygens (including phenoxy) is 1. The van der Waals surface area contributed by atoms with Crippen molar-refractivity contribution >= 4 is 12.6 Å². The molecule has 0 aliphatic rings. The number of hydrogen-bond donors (Lipinski definition) is 0. The van der Waals surface area contributed by atoms with Gasteiger partial charge in [-0.15, -0.1) is 0 Å².